The van der Waals surface area contributed by atoms with E-state index in [1.165, 1.54) is 57.8 Å². The summed E-state index contributed by atoms with van der Waals surface area (Å²) in [5.41, 5.74) is 0. The van der Waals surface area contributed by atoms with E-state index in [0.29, 0.717) is 0 Å². The molecule has 0 atom stereocenters. The van der Waals surface area contributed by atoms with Gasteiger partial charge in [-0.15, -0.1) is 0 Å². The molecule has 73 valence electrons. The summed E-state index contributed by atoms with van der Waals surface area (Å²) >= 11 is 0. The highest BCUT2D eigenvalue weighted by atomic mass is 14.0. The molecule has 0 aliphatic heterocycles. The van der Waals surface area contributed by atoms with Crippen LogP contribution in [-0.2, 0) is 0 Å². The fourth-order valence-electron chi connectivity index (χ4n) is 1.42. The van der Waals surface area contributed by atoms with Gasteiger partial charge in [-0.1, -0.05) is 71.6 Å². The molecule has 0 unspecified atom stereocenters. The Morgan fingerprint density at radius 1 is 0.667 bits per heavy atom. The van der Waals surface area contributed by atoms with E-state index in [1.807, 2.05) is 0 Å². The molecule has 0 amide bonds. The fraction of sp³-hybridized carbons (Fsp3) is 0.917. The van der Waals surface area contributed by atoms with Crippen molar-refractivity contribution in [2.75, 3.05) is 0 Å². The molecule has 0 saturated carbocycles. The molecule has 0 aliphatic carbocycles. The summed E-state index contributed by atoms with van der Waals surface area (Å²) in [6, 6.07) is 0. The zero-order chi connectivity index (χ0) is 9.07. The first kappa shape index (κ1) is 12.0. The zero-order valence-corrected chi connectivity index (χ0v) is 8.94. The van der Waals surface area contributed by atoms with Crippen molar-refractivity contribution < 1.29 is 0 Å². The minimum atomic E-state index is 1.31. The van der Waals surface area contributed by atoms with Crippen molar-refractivity contribution in [3.8, 4) is 0 Å². The first-order valence-electron chi connectivity index (χ1n) is 5.73. The topological polar surface area (TPSA) is 0 Å². The highest BCUT2D eigenvalue weighted by Gasteiger charge is 1.90. The van der Waals surface area contributed by atoms with Gasteiger partial charge in [-0.3, -0.25) is 0 Å². The van der Waals surface area contributed by atoms with Gasteiger partial charge in [0.1, 0.15) is 0 Å². The SMILES string of the molecule is CCC[CH]CCCCCCCC. The maximum absolute atomic E-state index is 2.44. The van der Waals surface area contributed by atoms with Crippen molar-refractivity contribution in [3.05, 3.63) is 6.42 Å². The van der Waals surface area contributed by atoms with Crippen LogP contribution in [0.4, 0.5) is 0 Å². The van der Waals surface area contributed by atoms with Gasteiger partial charge in [0.2, 0.25) is 0 Å². The van der Waals surface area contributed by atoms with Crippen LogP contribution >= 0.6 is 0 Å². The normalized spacial score (nSPS) is 10.5. The Balaban J connectivity index is 2.73. The standard InChI is InChI=1S/C12H25/c1-3-5-7-9-11-12-10-8-6-4-2/h7H,3-6,8-12H2,1-2H3. The van der Waals surface area contributed by atoms with E-state index < -0.39 is 0 Å². The van der Waals surface area contributed by atoms with E-state index in [0.717, 1.165) is 0 Å². The molecular formula is C12H25. The first-order chi connectivity index (χ1) is 5.91. The molecule has 0 aliphatic rings. The lowest BCUT2D eigenvalue weighted by atomic mass is 10.1. The van der Waals surface area contributed by atoms with Gasteiger partial charge in [0.25, 0.3) is 0 Å². The van der Waals surface area contributed by atoms with Gasteiger partial charge in [-0.2, -0.15) is 0 Å². The van der Waals surface area contributed by atoms with Crippen molar-refractivity contribution in [3.63, 3.8) is 0 Å². The highest BCUT2D eigenvalue weighted by Crippen LogP contribution is 2.09. The molecule has 0 heteroatoms. The average molecular weight is 169 g/mol. The molecule has 0 bridgehead atoms. The molecule has 0 nitrogen and oxygen atoms in total. The Kier molecular flexibility index (Phi) is 11.0. The molecule has 12 heavy (non-hydrogen) atoms. The second-order valence-corrected chi connectivity index (χ2v) is 3.63. The van der Waals surface area contributed by atoms with E-state index in [-0.39, 0.29) is 0 Å². The van der Waals surface area contributed by atoms with Crippen molar-refractivity contribution in [2.45, 2.75) is 71.6 Å². The quantitative estimate of drug-likeness (QED) is 0.437. The van der Waals surface area contributed by atoms with Crippen LogP contribution in [-0.4, -0.2) is 0 Å². The van der Waals surface area contributed by atoms with Crippen LogP contribution in [0, 0.1) is 6.42 Å². The second-order valence-electron chi connectivity index (χ2n) is 3.63. The molecular weight excluding hydrogens is 144 g/mol. The summed E-state index contributed by atoms with van der Waals surface area (Å²) in [6.07, 6.45) is 15.0. The molecule has 0 fully saturated rings. The maximum atomic E-state index is 2.44. The predicted molar refractivity (Wildman–Crippen MR) is 57.2 cm³/mol. The number of hydrogen-bond acceptors (Lipinski definition) is 0. The first-order valence-corrected chi connectivity index (χ1v) is 5.73. The molecule has 0 N–H and O–H groups in total. The van der Waals surface area contributed by atoms with Crippen LogP contribution in [0.2, 0.25) is 0 Å². The van der Waals surface area contributed by atoms with Crippen LogP contribution in [0.25, 0.3) is 0 Å². The van der Waals surface area contributed by atoms with Crippen molar-refractivity contribution in [1.29, 1.82) is 0 Å². The van der Waals surface area contributed by atoms with Crippen LogP contribution in [0.5, 0.6) is 0 Å². The predicted octanol–water partition coefficient (Wildman–Crippen LogP) is 4.74. The monoisotopic (exact) mass is 169 g/mol. The van der Waals surface area contributed by atoms with Crippen molar-refractivity contribution in [1.82, 2.24) is 0 Å². The Labute approximate surface area is 78.8 Å². The molecule has 0 saturated heterocycles. The summed E-state index contributed by atoms with van der Waals surface area (Å²) in [6.45, 7) is 4.52. The van der Waals surface area contributed by atoms with Crippen LogP contribution in [0.15, 0.2) is 0 Å². The van der Waals surface area contributed by atoms with E-state index in [4.69, 9.17) is 0 Å². The van der Waals surface area contributed by atoms with Crippen LogP contribution < -0.4 is 0 Å². The summed E-state index contributed by atoms with van der Waals surface area (Å²) in [4.78, 5) is 0. The Bertz CT molecular complexity index is 56.4. The maximum Gasteiger partial charge on any atom is -0.0386 e. The Morgan fingerprint density at radius 3 is 2.00 bits per heavy atom. The van der Waals surface area contributed by atoms with Gasteiger partial charge in [0.05, 0.1) is 0 Å². The molecule has 0 aromatic heterocycles. The number of unbranched alkanes of at least 4 members (excludes halogenated alkanes) is 9. The Morgan fingerprint density at radius 2 is 1.33 bits per heavy atom. The second kappa shape index (κ2) is 11.0. The molecule has 0 heterocycles. The van der Waals surface area contributed by atoms with Gasteiger partial charge >= 0.3 is 0 Å². The lowest BCUT2D eigenvalue weighted by molar-refractivity contribution is 0.600. The van der Waals surface area contributed by atoms with Gasteiger partial charge in [-0.25, -0.2) is 0 Å². The van der Waals surface area contributed by atoms with E-state index in [1.54, 1.807) is 0 Å². The lowest BCUT2D eigenvalue weighted by Gasteiger charge is -1.99. The third-order valence-corrected chi connectivity index (χ3v) is 2.25. The minimum absolute atomic E-state index is 1.31. The molecule has 1 radical (unpaired) electrons. The van der Waals surface area contributed by atoms with Crippen LogP contribution in [0.3, 0.4) is 0 Å². The van der Waals surface area contributed by atoms with Gasteiger partial charge in [-0.05, 0) is 6.42 Å². The summed E-state index contributed by atoms with van der Waals surface area (Å²) in [5, 5.41) is 0. The Hall–Kier alpha value is 0. The smallest absolute Gasteiger partial charge is 0.0386 e. The third kappa shape index (κ3) is 10.0. The molecule has 0 rings (SSSR count). The highest BCUT2D eigenvalue weighted by molar-refractivity contribution is 4.62. The van der Waals surface area contributed by atoms with E-state index >= 15 is 0 Å². The summed E-state index contributed by atoms with van der Waals surface area (Å²) < 4.78 is 0. The van der Waals surface area contributed by atoms with E-state index in [9.17, 15) is 0 Å². The molecule has 0 aromatic rings. The summed E-state index contributed by atoms with van der Waals surface area (Å²) in [7, 11) is 0. The summed E-state index contributed by atoms with van der Waals surface area (Å²) in [5.74, 6) is 0. The number of rotatable bonds is 9. The largest absolute Gasteiger partial charge is 0.0654 e. The van der Waals surface area contributed by atoms with Gasteiger partial charge < -0.3 is 0 Å². The van der Waals surface area contributed by atoms with Crippen molar-refractivity contribution in [2.24, 2.45) is 0 Å². The average Bonchev–Trinajstić information content (AvgIpc) is 2.10. The van der Waals surface area contributed by atoms with Crippen LogP contribution in [0.1, 0.15) is 71.6 Å². The number of hydrogen-bond donors (Lipinski definition) is 0. The minimum Gasteiger partial charge on any atom is -0.0654 e. The molecule has 0 spiro atoms. The van der Waals surface area contributed by atoms with E-state index in [2.05, 4.69) is 20.3 Å². The van der Waals surface area contributed by atoms with Crippen molar-refractivity contribution >= 4 is 0 Å². The molecule has 0 aromatic carbocycles. The third-order valence-electron chi connectivity index (χ3n) is 2.25. The fourth-order valence-corrected chi connectivity index (χ4v) is 1.42. The lowest BCUT2D eigenvalue weighted by Crippen LogP contribution is -1.80. The zero-order valence-electron chi connectivity index (χ0n) is 8.94. The van der Waals surface area contributed by atoms with Gasteiger partial charge in [0.15, 0.2) is 0 Å². The van der Waals surface area contributed by atoms with Gasteiger partial charge in [0, 0.05) is 0 Å².